The van der Waals surface area contributed by atoms with Crippen molar-refractivity contribution in [2.45, 2.75) is 38.3 Å². The summed E-state index contributed by atoms with van der Waals surface area (Å²) in [4.78, 5) is 14.2. The number of nitrogens with zero attached hydrogens (tertiary/aromatic N) is 5. The fourth-order valence-electron chi connectivity index (χ4n) is 3.10. The summed E-state index contributed by atoms with van der Waals surface area (Å²) in [5, 5.41) is 16.4. The molecule has 1 saturated heterocycles. The average Bonchev–Trinajstić information content (AvgIpc) is 2.81. The Morgan fingerprint density at radius 3 is 2.59 bits per heavy atom. The van der Waals surface area contributed by atoms with Crippen LogP contribution in [0.4, 0.5) is 33.5 Å². The van der Waals surface area contributed by atoms with Gasteiger partial charge in [0.25, 0.3) is 5.91 Å². The molecule has 12 heteroatoms. The van der Waals surface area contributed by atoms with Crippen molar-refractivity contribution in [1.82, 2.24) is 20.4 Å². The Morgan fingerprint density at radius 1 is 1.17 bits per heavy atom. The maximum absolute atomic E-state index is 13.7. The molecule has 3 rings (SSSR count). The lowest BCUT2D eigenvalue weighted by molar-refractivity contribution is -0.142. The number of carbonyl (C=O) groups excluding carboxylic acids is 1. The van der Waals surface area contributed by atoms with Crippen LogP contribution < -0.4 is 10.2 Å². The van der Waals surface area contributed by atoms with Crippen molar-refractivity contribution in [1.29, 1.82) is 0 Å². The monoisotopic (exact) mass is 416 g/mol. The van der Waals surface area contributed by atoms with Crippen LogP contribution in [-0.2, 0) is 6.18 Å². The summed E-state index contributed by atoms with van der Waals surface area (Å²) in [6.07, 6.45) is -3.05. The molecular weight excluding hydrogens is 399 g/mol. The number of rotatable bonds is 3. The molecule has 0 bridgehead atoms. The molecule has 156 valence electrons. The predicted octanol–water partition coefficient (Wildman–Crippen LogP) is 3.47. The van der Waals surface area contributed by atoms with E-state index >= 15 is 0 Å². The van der Waals surface area contributed by atoms with Crippen molar-refractivity contribution in [3.63, 3.8) is 0 Å². The van der Waals surface area contributed by atoms with E-state index in [1.165, 1.54) is 23.4 Å². The van der Waals surface area contributed by atoms with Crippen molar-refractivity contribution in [3.05, 3.63) is 35.3 Å². The lowest BCUT2D eigenvalue weighted by Gasteiger charge is -2.25. The number of aromatic nitrogens is 4. The van der Waals surface area contributed by atoms with E-state index < -0.39 is 35.7 Å². The Bertz CT molecular complexity index is 890. The Labute approximate surface area is 162 Å². The van der Waals surface area contributed by atoms with E-state index in [0.29, 0.717) is 0 Å². The largest absolute Gasteiger partial charge is 0.435 e. The molecule has 0 unspecified atom stereocenters. The zero-order valence-corrected chi connectivity index (χ0v) is 15.3. The SMILES string of the molecule is Cc1c(C(F)(F)F)nnc(N2CCCC(F)(F)CC2)c1C(=O)Nc1ccnnc1. The molecule has 0 aromatic carbocycles. The molecule has 1 aliphatic heterocycles. The highest BCUT2D eigenvalue weighted by molar-refractivity contribution is 6.08. The molecular formula is C17H17F5N6O. The van der Waals surface area contributed by atoms with Crippen molar-refractivity contribution in [2.24, 2.45) is 0 Å². The maximum Gasteiger partial charge on any atom is 0.435 e. The van der Waals surface area contributed by atoms with Crippen LogP contribution in [0.3, 0.4) is 0 Å². The van der Waals surface area contributed by atoms with Crippen LogP contribution >= 0.6 is 0 Å². The van der Waals surface area contributed by atoms with E-state index in [-0.39, 0.29) is 43.0 Å². The topological polar surface area (TPSA) is 83.9 Å². The molecule has 1 N–H and O–H groups in total. The molecule has 0 aliphatic carbocycles. The molecule has 2 aromatic heterocycles. The molecule has 0 atom stereocenters. The molecule has 1 aliphatic rings. The standard InChI is InChI=1S/C17H17F5N6O/c1-10-12(15(29)25-11-3-6-23-24-9-11)14(27-26-13(10)17(20,21)22)28-7-2-4-16(18,19)5-8-28/h3,6,9H,2,4-5,7-8H2,1H3,(H,23,25,29). The summed E-state index contributed by atoms with van der Waals surface area (Å²) in [6, 6.07) is 1.41. The molecule has 1 amide bonds. The van der Waals surface area contributed by atoms with Crippen LogP contribution in [0.25, 0.3) is 0 Å². The van der Waals surface area contributed by atoms with E-state index in [0.717, 1.165) is 6.92 Å². The van der Waals surface area contributed by atoms with Crippen LogP contribution in [0.2, 0.25) is 0 Å². The van der Waals surface area contributed by atoms with Gasteiger partial charge in [0.2, 0.25) is 5.92 Å². The first-order valence-electron chi connectivity index (χ1n) is 8.74. The number of anilines is 2. The first kappa shape index (κ1) is 20.8. The smallest absolute Gasteiger partial charge is 0.354 e. The zero-order valence-electron chi connectivity index (χ0n) is 15.3. The van der Waals surface area contributed by atoms with Gasteiger partial charge in [-0.2, -0.15) is 23.4 Å². The summed E-state index contributed by atoms with van der Waals surface area (Å²) in [5.74, 6) is -3.91. The quantitative estimate of drug-likeness (QED) is 0.772. The number of hydrogen-bond acceptors (Lipinski definition) is 6. The van der Waals surface area contributed by atoms with Crippen LogP contribution in [0.5, 0.6) is 0 Å². The van der Waals surface area contributed by atoms with Crippen LogP contribution in [-0.4, -0.2) is 45.3 Å². The van der Waals surface area contributed by atoms with Crippen molar-refractivity contribution < 1.29 is 26.7 Å². The van der Waals surface area contributed by atoms with E-state index in [1.807, 2.05) is 0 Å². The highest BCUT2D eigenvalue weighted by Crippen LogP contribution is 2.35. The Hall–Kier alpha value is -2.92. The molecule has 7 nitrogen and oxygen atoms in total. The van der Waals surface area contributed by atoms with Gasteiger partial charge in [-0.1, -0.05) is 0 Å². The van der Waals surface area contributed by atoms with Gasteiger partial charge in [-0.05, 0) is 25.0 Å². The number of nitrogens with one attached hydrogen (secondary N) is 1. The number of amides is 1. The van der Waals surface area contributed by atoms with Gasteiger partial charge >= 0.3 is 6.18 Å². The van der Waals surface area contributed by atoms with Gasteiger partial charge in [-0.25, -0.2) is 8.78 Å². The van der Waals surface area contributed by atoms with Crippen LogP contribution in [0.1, 0.15) is 40.9 Å². The summed E-state index contributed by atoms with van der Waals surface area (Å²) < 4.78 is 67.3. The van der Waals surface area contributed by atoms with Gasteiger partial charge in [-0.15, -0.1) is 10.2 Å². The molecule has 3 heterocycles. The second kappa shape index (κ2) is 7.84. The van der Waals surface area contributed by atoms with E-state index in [1.54, 1.807) is 0 Å². The second-order valence-electron chi connectivity index (χ2n) is 6.65. The first-order valence-corrected chi connectivity index (χ1v) is 8.74. The van der Waals surface area contributed by atoms with Crippen molar-refractivity contribution in [3.8, 4) is 0 Å². The summed E-state index contributed by atoms with van der Waals surface area (Å²) in [7, 11) is 0. The van der Waals surface area contributed by atoms with Gasteiger partial charge in [-0.3, -0.25) is 4.79 Å². The highest BCUT2D eigenvalue weighted by atomic mass is 19.4. The number of hydrogen-bond donors (Lipinski definition) is 1. The predicted molar refractivity (Wildman–Crippen MR) is 92.8 cm³/mol. The minimum absolute atomic E-state index is 0.101. The molecule has 0 radical (unpaired) electrons. The maximum atomic E-state index is 13.7. The van der Waals surface area contributed by atoms with Gasteiger partial charge in [0.05, 0.1) is 23.6 Å². The third-order valence-corrected chi connectivity index (χ3v) is 4.55. The van der Waals surface area contributed by atoms with Crippen LogP contribution in [0, 0.1) is 6.92 Å². The number of carbonyl (C=O) groups is 1. The van der Waals surface area contributed by atoms with Gasteiger partial charge in [0.1, 0.15) is 0 Å². The summed E-state index contributed by atoms with van der Waals surface area (Å²) >= 11 is 0. The minimum atomic E-state index is -4.82. The van der Waals surface area contributed by atoms with Crippen LogP contribution in [0.15, 0.2) is 18.5 Å². The molecule has 0 spiro atoms. The third-order valence-electron chi connectivity index (χ3n) is 4.55. The van der Waals surface area contributed by atoms with Gasteiger partial charge in [0.15, 0.2) is 11.5 Å². The van der Waals surface area contributed by atoms with E-state index in [9.17, 15) is 26.7 Å². The lowest BCUT2D eigenvalue weighted by atomic mass is 10.1. The van der Waals surface area contributed by atoms with E-state index in [2.05, 4.69) is 25.7 Å². The normalized spacial score (nSPS) is 17.0. The molecule has 29 heavy (non-hydrogen) atoms. The molecule has 0 saturated carbocycles. The average molecular weight is 416 g/mol. The van der Waals surface area contributed by atoms with Gasteiger partial charge in [0, 0.05) is 25.9 Å². The zero-order chi connectivity index (χ0) is 21.2. The molecule has 1 fully saturated rings. The number of halogens is 5. The van der Waals surface area contributed by atoms with Gasteiger partial charge < -0.3 is 10.2 Å². The Balaban J connectivity index is 2.03. The van der Waals surface area contributed by atoms with Crippen molar-refractivity contribution in [2.75, 3.05) is 23.3 Å². The fourth-order valence-corrected chi connectivity index (χ4v) is 3.10. The summed E-state index contributed by atoms with van der Waals surface area (Å²) in [5.41, 5.74) is -1.89. The number of alkyl halides is 5. The molecule has 2 aromatic rings. The fraction of sp³-hybridized carbons (Fsp3) is 0.471. The third kappa shape index (κ3) is 4.74. The summed E-state index contributed by atoms with van der Waals surface area (Å²) in [6.45, 7) is 1.06. The minimum Gasteiger partial charge on any atom is -0.354 e. The van der Waals surface area contributed by atoms with E-state index in [4.69, 9.17) is 0 Å². The van der Waals surface area contributed by atoms with Crippen molar-refractivity contribution >= 4 is 17.4 Å². The lowest BCUT2D eigenvalue weighted by Crippen LogP contribution is -2.31. The second-order valence-corrected chi connectivity index (χ2v) is 6.65. The highest BCUT2D eigenvalue weighted by Gasteiger charge is 2.39. The Kier molecular flexibility index (Phi) is 5.62. The Morgan fingerprint density at radius 2 is 1.93 bits per heavy atom. The first-order chi connectivity index (χ1) is 13.6.